The lowest BCUT2D eigenvalue weighted by Gasteiger charge is -2.30. The van der Waals surface area contributed by atoms with Gasteiger partial charge in [-0.2, -0.15) is 10.3 Å². The molecule has 5 nitrogen and oxygen atoms in total. The Bertz CT molecular complexity index is 679. The van der Waals surface area contributed by atoms with Gasteiger partial charge in [0.2, 0.25) is 12.1 Å². The predicted molar refractivity (Wildman–Crippen MR) is 106 cm³/mol. The second-order valence-corrected chi connectivity index (χ2v) is 6.85. The first-order chi connectivity index (χ1) is 12.5. The van der Waals surface area contributed by atoms with Crippen molar-refractivity contribution in [1.82, 2.24) is 10.2 Å². The summed E-state index contributed by atoms with van der Waals surface area (Å²) in [7, 11) is 1.77. The first-order valence-electron chi connectivity index (χ1n) is 8.23. The number of carbonyl (C=O) groups is 1. The van der Waals surface area contributed by atoms with Crippen LogP contribution in [0, 0.1) is 30.2 Å². The van der Waals surface area contributed by atoms with Gasteiger partial charge in [-0.3, -0.25) is 4.79 Å². The number of likely N-dealkylation sites (N-methyl/N-ethyl adjacent to an activating group) is 1. The van der Waals surface area contributed by atoms with E-state index in [2.05, 4.69) is 23.2 Å². The van der Waals surface area contributed by atoms with Crippen molar-refractivity contribution in [3.63, 3.8) is 0 Å². The van der Waals surface area contributed by atoms with Gasteiger partial charge in [-0.1, -0.05) is 42.1 Å². The van der Waals surface area contributed by atoms with Crippen LogP contribution in [0.25, 0.3) is 0 Å². The smallest absolute Gasteiger partial charge is 0.247 e. The molecule has 1 unspecified atom stereocenters. The summed E-state index contributed by atoms with van der Waals surface area (Å²) in [5, 5.41) is 12.6. The lowest BCUT2D eigenvalue weighted by Crippen LogP contribution is -2.48. The van der Waals surface area contributed by atoms with Gasteiger partial charge in [0.05, 0.1) is 0 Å². The third-order valence-electron chi connectivity index (χ3n) is 4.24. The number of nitrogens with zero attached hydrogens (tertiary/aromatic N) is 3. The maximum Gasteiger partial charge on any atom is 0.247 e. The van der Waals surface area contributed by atoms with E-state index < -0.39 is 0 Å². The summed E-state index contributed by atoms with van der Waals surface area (Å²) < 4.78 is 0. The first-order valence-corrected chi connectivity index (χ1v) is 8.98. The van der Waals surface area contributed by atoms with Crippen molar-refractivity contribution in [3.05, 3.63) is 34.0 Å². The van der Waals surface area contributed by atoms with E-state index in [1.165, 1.54) is 6.34 Å². The number of allylic oxidation sites excluding steroid dienone is 5. The SMILES string of the molecule is C#C.CN(C=NC#N)C(C(=O)NC1=CC(Cl)=CC(Cl)=CC1)C1CCCC1. The van der Waals surface area contributed by atoms with E-state index >= 15 is 0 Å². The molecule has 1 amide bonds. The molecule has 2 aliphatic carbocycles. The molecule has 2 aliphatic rings. The highest BCUT2D eigenvalue weighted by Gasteiger charge is 2.33. The van der Waals surface area contributed by atoms with Gasteiger partial charge < -0.3 is 10.2 Å². The number of terminal acetylenes is 1. The zero-order valence-corrected chi connectivity index (χ0v) is 16.2. The summed E-state index contributed by atoms with van der Waals surface area (Å²) in [4.78, 5) is 18.1. The van der Waals surface area contributed by atoms with Crippen LogP contribution in [-0.2, 0) is 4.79 Å². The zero-order chi connectivity index (χ0) is 19.5. The monoisotopic (exact) mass is 392 g/mol. The fraction of sp³-hybridized carbons (Fsp3) is 0.421. The van der Waals surface area contributed by atoms with Crippen LogP contribution in [0.3, 0.4) is 0 Å². The lowest BCUT2D eigenvalue weighted by molar-refractivity contribution is -0.125. The van der Waals surface area contributed by atoms with Crippen molar-refractivity contribution in [2.75, 3.05) is 7.05 Å². The number of amides is 1. The minimum absolute atomic E-state index is 0.115. The van der Waals surface area contributed by atoms with Crippen LogP contribution >= 0.6 is 23.2 Å². The molecule has 0 aliphatic heterocycles. The Hall–Kier alpha value is -2.21. The van der Waals surface area contributed by atoms with E-state index in [-0.39, 0.29) is 17.9 Å². The Kier molecular flexibility index (Phi) is 9.58. The number of carbonyl (C=O) groups excluding carboxylic acids is 1. The molecule has 1 fully saturated rings. The van der Waals surface area contributed by atoms with E-state index in [0.717, 1.165) is 25.7 Å². The number of rotatable bonds is 5. The maximum atomic E-state index is 12.8. The lowest BCUT2D eigenvalue weighted by atomic mass is 9.96. The quantitative estimate of drug-likeness (QED) is 0.334. The Morgan fingerprint density at radius 1 is 1.38 bits per heavy atom. The zero-order valence-electron chi connectivity index (χ0n) is 14.7. The molecule has 1 saturated carbocycles. The van der Waals surface area contributed by atoms with Gasteiger partial charge in [-0.15, -0.1) is 12.8 Å². The fourth-order valence-electron chi connectivity index (χ4n) is 3.18. The van der Waals surface area contributed by atoms with Crippen molar-refractivity contribution in [2.45, 2.75) is 38.1 Å². The molecule has 0 heterocycles. The van der Waals surface area contributed by atoms with Crippen LogP contribution in [0.4, 0.5) is 0 Å². The summed E-state index contributed by atoms with van der Waals surface area (Å²) in [6.45, 7) is 0. The molecule has 0 aromatic carbocycles. The minimum Gasteiger partial charge on any atom is -0.353 e. The van der Waals surface area contributed by atoms with Gasteiger partial charge >= 0.3 is 0 Å². The van der Waals surface area contributed by atoms with Crippen molar-refractivity contribution in [3.8, 4) is 19.0 Å². The third-order valence-corrected chi connectivity index (χ3v) is 4.72. The Morgan fingerprint density at radius 2 is 2.04 bits per heavy atom. The van der Waals surface area contributed by atoms with Crippen molar-refractivity contribution in [2.24, 2.45) is 10.9 Å². The molecule has 7 heteroatoms. The van der Waals surface area contributed by atoms with Gasteiger partial charge in [0, 0.05) is 29.2 Å². The summed E-state index contributed by atoms with van der Waals surface area (Å²) in [5.74, 6) is 0.132. The van der Waals surface area contributed by atoms with Crippen molar-refractivity contribution >= 4 is 35.4 Å². The normalized spacial score (nSPS) is 18.4. The number of nitrogens with one attached hydrogen (secondary N) is 1. The standard InChI is InChI=1S/C17H20Cl2N4O.C2H2/c1-23(11-21-10-20)16(12-4-2-3-5-12)17(24)22-15-7-6-13(18)8-14(19)9-15;1-2/h6,8-9,11-12,16H,2-5,7H2,1H3,(H,22,24);1-2H. The van der Waals surface area contributed by atoms with Gasteiger partial charge in [0.15, 0.2) is 0 Å². The number of hydrogen-bond acceptors (Lipinski definition) is 3. The van der Waals surface area contributed by atoms with Crippen LogP contribution in [-0.4, -0.2) is 30.2 Å². The molecular formula is C19H22Cl2N4O. The molecule has 2 rings (SSSR count). The van der Waals surface area contributed by atoms with E-state index in [4.69, 9.17) is 28.5 Å². The third kappa shape index (κ3) is 6.59. The molecule has 1 N–H and O–H groups in total. The summed E-state index contributed by atoms with van der Waals surface area (Å²) in [5.41, 5.74) is 0.700. The highest BCUT2D eigenvalue weighted by Crippen LogP contribution is 2.30. The van der Waals surface area contributed by atoms with Crippen molar-refractivity contribution in [1.29, 1.82) is 5.26 Å². The fourth-order valence-corrected chi connectivity index (χ4v) is 3.68. The van der Waals surface area contributed by atoms with Crippen LogP contribution < -0.4 is 5.32 Å². The van der Waals surface area contributed by atoms with Crippen LogP contribution in [0.1, 0.15) is 32.1 Å². The molecule has 0 aromatic heterocycles. The topological polar surface area (TPSA) is 68.5 Å². The molecule has 26 heavy (non-hydrogen) atoms. The van der Waals surface area contributed by atoms with Gasteiger partial charge in [0.1, 0.15) is 12.4 Å². The van der Waals surface area contributed by atoms with Crippen molar-refractivity contribution < 1.29 is 4.79 Å². The van der Waals surface area contributed by atoms with Gasteiger partial charge in [0.25, 0.3) is 0 Å². The number of halogens is 2. The van der Waals surface area contributed by atoms with E-state index in [0.29, 0.717) is 22.2 Å². The number of hydrogen-bond donors (Lipinski definition) is 1. The van der Waals surface area contributed by atoms with Gasteiger partial charge in [-0.25, -0.2) is 0 Å². The summed E-state index contributed by atoms with van der Waals surface area (Å²) in [6.07, 6.45) is 21.0. The van der Waals surface area contributed by atoms with E-state index in [1.54, 1.807) is 36.4 Å². The number of aliphatic imine (C=N–C) groups is 1. The molecule has 0 bridgehead atoms. The minimum atomic E-state index is -0.365. The second-order valence-electron chi connectivity index (χ2n) is 5.98. The maximum absolute atomic E-state index is 12.8. The molecule has 0 aromatic rings. The Morgan fingerprint density at radius 3 is 2.65 bits per heavy atom. The highest BCUT2D eigenvalue weighted by molar-refractivity contribution is 6.35. The molecule has 0 saturated heterocycles. The summed E-state index contributed by atoms with van der Waals surface area (Å²) >= 11 is 12.1. The summed E-state index contributed by atoms with van der Waals surface area (Å²) in [6, 6.07) is -0.365. The molecule has 0 spiro atoms. The second kappa shape index (κ2) is 11.4. The van der Waals surface area contributed by atoms with Crippen LogP contribution in [0.2, 0.25) is 0 Å². The number of nitriles is 1. The average Bonchev–Trinajstić information content (AvgIpc) is 3.08. The predicted octanol–water partition coefficient (Wildman–Crippen LogP) is 3.88. The molecule has 0 radical (unpaired) electrons. The van der Waals surface area contributed by atoms with Crippen LogP contribution in [0.15, 0.2) is 39.0 Å². The van der Waals surface area contributed by atoms with E-state index in [9.17, 15) is 4.79 Å². The van der Waals surface area contributed by atoms with Crippen LogP contribution in [0.5, 0.6) is 0 Å². The highest BCUT2D eigenvalue weighted by atomic mass is 35.5. The Balaban J connectivity index is 0.00000163. The van der Waals surface area contributed by atoms with E-state index in [1.807, 2.05) is 0 Å². The average molecular weight is 393 g/mol. The Labute approximate surface area is 165 Å². The first kappa shape index (κ1) is 21.8. The molecular weight excluding hydrogens is 371 g/mol. The van der Waals surface area contributed by atoms with Gasteiger partial charge in [-0.05, 0) is 30.9 Å². The molecule has 138 valence electrons. The largest absolute Gasteiger partial charge is 0.353 e. The molecule has 1 atom stereocenters.